The molecule has 7 aromatic rings. The number of morpholine rings is 1. The quantitative estimate of drug-likeness (QED) is 0.0720. The molecule has 0 aliphatic carbocycles. The van der Waals surface area contributed by atoms with E-state index in [9.17, 15) is 0 Å². The third-order valence-corrected chi connectivity index (χ3v) is 27.1. The molecule has 1 unspecified atom stereocenters. The van der Waals surface area contributed by atoms with E-state index in [2.05, 4.69) is 370 Å². The summed E-state index contributed by atoms with van der Waals surface area (Å²) in [6.07, 6.45) is 50.4. The highest BCUT2D eigenvalue weighted by molar-refractivity contribution is 6.05. The Labute approximate surface area is 881 Å². The highest BCUT2D eigenvalue weighted by Crippen LogP contribution is 2.24. The number of likely N-dealkylation sites (tertiary alicyclic amines) is 2. The molecule has 12 aliphatic rings. The van der Waals surface area contributed by atoms with Crippen LogP contribution in [0, 0.1) is 0 Å². The number of allylic oxidation sites excluding steroid dienone is 1. The van der Waals surface area contributed by atoms with Crippen molar-refractivity contribution in [3.05, 3.63) is 223 Å². The van der Waals surface area contributed by atoms with Gasteiger partial charge < -0.3 is 28.7 Å². The van der Waals surface area contributed by atoms with E-state index in [-0.39, 0.29) is 6.17 Å². The van der Waals surface area contributed by atoms with Crippen LogP contribution in [0.3, 0.4) is 0 Å². The minimum absolute atomic E-state index is 0.190. The van der Waals surface area contributed by atoms with Gasteiger partial charge in [-0.2, -0.15) is 0 Å². The van der Waals surface area contributed by atoms with Gasteiger partial charge >= 0.3 is 0 Å². The second-order valence-electron chi connectivity index (χ2n) is 42.9. The van der Waals surface area contributed by atoms with Crippen LogP contribution in [0.25, 0.3) is 0 Å². The largest absolute Gasteiger partial charge is 0.472 e. The number of dihydropyridines is 1. The zero-order valence-corrected chi connectivity index (χ0v) is 96.2. The van der Waals surface area contributed by atoms with Gasteiger partial charge in [0.2, 0.25) is 0 Å². The van der Waals surface area contributed by atoms with Crippen molar-refractivity contribution in [1.29, 1.82) is 0 Å². The fourth-order valence-electron chi connectivity index (χ4n) is 16.8. The van der Waals surface area contributed by atoms with Gasteiger partial charge in [-0.1, -0.05) is 81.6 Å². The summed E-state index contributed by atoms with van der Waals surface area (Å²) in [4.78, 5) is 61.8. The molecular formula is C118H202N24O3+2. The Kier molecular flexibility index (Phi) is 64.1. The van der Waals surface area contributed by atoms with Crippen LogP contribution in [-0.2, 0) is 43.6 Å². The molecule has 145 heavy (non-hydrogen) atoms. The van der Waals surface area contributed by atoms with Crippen molar-refractivity contribution in [3.8, 4) is 0 Å². The van der Waals surface area contributed by atoms with Gasteiger partial charge in [0.1, 0.15) is 37.1 Å². The maximum atomic E-state index is 5.21. The summed E-state index contributed by atoms with van der Waals surface area (Å²) >= 11 is 0. The van der Waals surface area contributed by atoms with Crippen LogP contribution in [0.2, 0.25) is 0 Å². The van der Waals surface area contributed by atoms with Crippen LogP contribution in [-0.4, -0.2) is 307 Å². The maximum Gasteiger partial charge on any atom is 0.286 e. The molecule has 27 nitrogen and oxygen atoms in total. The van der Waals surface area contributed by atoms with E-state index < -0.39 is 0 Å². The highest BCUT2D eigenvalue weighted by atomic mass is 16.5. The van der Waals surface area contributed by atoms with E-state index in [1.54, 1.807) is 55.7 Å². The molecular weight excluding hydrogens is 1800 g/mol. The molecule has 0 radical (unpaired) electrons. The zero-order chi connectivity index (χ0) is 106. The Bertz CT molecular complexity index is 4250. The summed E-state index contributed by atoms with van der Waals surface area (Å²) in [5, 5.41) is 5.31. The molecule has 6 aromatic heterocycles. The Balaban J connectivity index is 0.000000274. The molecule has 18 heterocycles. The second-order valence-corrected chi connectivity index (χ2v) is 42.9. The van der Waals surface area contributed by atoms with E-state index in [0.717, 1.165) is 148 Å². The predicted octanol–water partition coefficient (Wildman–Crippen LogP) is 20.4. The molecule has 0 bridgehead atoms. The SMILES string of the molecule is CC(C)N1C=CN=CN1.CC(C)N1CC=CC1.CC(C)N1CC=NC1.CC(C)N1CCCC1.CC(C)N1CCCCC1.CC(C)N1CCNCC1.CC(C)N1CCOCC1.CC(C)N1CCc2ccccc2C1.CC(C)N1CCc2cncnc2C1.CC(C)N1CCc2ncncc2C1.CC(C)N1CN=C2C=CC=NC21.CC(C)[n+]1ccccc1.CC(C)[n+]1cccnc1.CC(C)c1ccco1.CC(C)c1ccoc1. The molecule has 19 rings (SSSR count). The number of hydrogen-bond donors (Lipinski definition) is 2. The van der Waals surface area contributed by atoms with E-state index in [0.29, 0.717) is 72.3 Å². The van der Waals surface area contributed by atoms with Crippen LogP contribution >= 0.6 is 0 Å². The number of pyridine rings is 1. The van der Waals surface area contributed by atoms with Crippen LogP contribution in [0.5, 0.6) is 0 Å². The topological polar surface area (TPSA) is 217 Å². The Morgan fingerprint density at radius 3 is 1.37 bits per heavy atom. The fraction of sp³-hybridized carbons (Fsp3) is 0.653. The first kappa shape index (κ1) is 127. The predicted molar refractivity (Wildman–Crippen MR) is 609 cm³/mol. The molecule has 2 N–H and O–H groups in total. The van der Waals surface area contributed by atoms with Gasteiger partial charge in [0.25, 0.3) is 6.33 Å². The number of fused-ring (bicyclic) bond motifs is 4. The molecule has 0 amide bonds. The first-order valence-corrected chi connectivity index (χ1v) is 55.2. The number of aliphatic imine (C=N–C) groups is 4. The van der Waals surface area contributed by atoms with Crippen molar-refractivity contribution in [2.75, 3.05) is 131 Å². The number of aromatic nitrogens is 7. The van der Waals surface area contributed by atoms with E-state index in [1.807, 2.05) is 103 Å². The smallest absolute Gasteiger partial charge is 0.286 e. The number of hydrazine groups is 1. The maximum absolute atomic E-state index is 5.21. The molecule has 0 saturated carbocycles. The third-order valence-electron chi connectivity index (χ3n) is 27.1. The van der Waals surface area contributed by atoms with Crippen molar-refractivity contribution >= 4 is 24.5 Å². The lowest BCUT2D eigenvalue weighted by Crippen LogP contribution is -2.46. The molecule has 1 aromatic carbocycles. The van der Waals surface area contributed by atoms with Gasteiger partial charge in [-0.3, -0.25) is 64.6 Å². The second kappa shape index (κ2) is 73.3. The van der Waals surface area contributed by atoms with Gasteiger partial charge in [0, 0.05) is 244 Å². The Morgan fingerprint density at radius 2 is 0.945 bits per heavy atom. The molecule has 1 atom stereocenters. The molecule has 4 fully saturated rings. The fourth-order valence-corrected chi connectivity index (χ4v) is 16.8. The third kappa shape index (κ3) is 52.3. The van der Waals surface area contributed by atoms with Crippen molar-refractivity contribution in [1.82, 2.24) is 89.7 Å². The minimum Gasteiger partial charge on any atom is -0.472 e. The highest BCUT2D eigenvalue weighted by Gasteiger charge is 2.30. The summed E-state index contributed by atoms with van der Waals surface area (Å²) in [7, 11) is 0. The minimum atomic E-state index is 0.190. The number of nitrogens with zero attached hydrogens (tertiary/aromatic N) is 22. The van der Waals surface area contributed by atoms with Gasteiger partial charge in [0.05, 0.1) is 69.0 Å². The van der Waals surface area contributed by atoms with Crippen LogP contribution < -0.4 is 19.9 Å². The van der Waals surface area contributed by atoms with Crippen molar-refractivity contribution in [3.63, 3.8) is 0 Å². The summed E-state index contributed by atoms with van der Waals surface area (Å²) in [6.45, 7) is 91.8. The number of benzene rings is 1. The number of piperidine rings is 1. The van der Waals surface area contributed by atoms with Crippen molar-refractivity contribution < 1.29 is 22.7 Å². The number of ether oxygens (including phenoxy) is 1. The Morgan fingerprint density at radius 1 is 0.421 bits per heavy atom. The summed E-state index contributed by atoms with van der Waals surface area (Å²) in [5.41, 5.74) is 13.4. The first-order chi connectivity index (χ1) is 69.5. The van der Waals surface area contributed by atoms with Gasteiger partial charge in [-0.05, 0) is 303 Å². The molecule has 12 aliphatic heterocycles. The lowest BCUT2D eigenvalue weighted by molar-refractivity contribution is -0.719. The summed E-state index contributed by atoms with van der Waals surface area (Å²) < 4.78 is 19.4. The molecule has 810 valence electrons. The molecule has 0 spiro atoms. The molecule has 4 saturated heterocycles. The van der Waals surface area contributed by atoms with E-state index in [1.165, 1.54) is 118 Å². The van der Waals surface area contributed by atoms with Gasteiger partial charge in [-0.15, -0.1) is 0 Å². The normalized spacial score (nSPS) is 18.3. The first-order valence-electron chi connectivity index (χ1n) is 55.2. The standard InChI is InChI=1S/C12H17N.2C10H15N3.C9H13N3.C8H17N.C8H12N.C7H16N2.C7H11N2.C7H15NO.C7H15N.C7H13N.2C7H10O.C6H11N3.C6H12N2/c1-10(2)13-8-7-11-5-3-4-6-12(11)9-13;1-8(2)13-4-3-10-9(6-13)5-11-7-12-10;1-8(2)13-4-3-9-5-11-7-12-10(9)6-13;1-7(2)12-6-11-8-4-3-5-10-9(8)12;2*1-8(2)9-6-4-3-5-7-9;1-7(2)9-5-3-8-4-6-9;1-7(2)9-5-3-4-8-6-9;1-7(2)8-3-5-9-6-4-8;2*1-7(2)8-5-3-4-6-8;1-6(2)7-3-4-8-5-7;1-6(2)7-4-3-5-8-7;1-6(2)9-4-3-7-5-8-9;1-6(2)8-4-3-7-5-8/h3-6,10H,7-9H2,1-2H3;2*5,7-8H,3-4,6H2,1-2H3;3-5,7,9H,6H2,1-2H3;8H,3-7H2,1-2H3;3-8H,1-2H3;7-8H,3-6H2,1-2H3;3-7H,1-2H3;7H,3-6H2,1-2H3;7H,3-6H2,1-2H3;3-4,7H,5-6H2,1-2H3;2*3-6H,1-2H3;3-6H,1-2H3,(H,7,8);3,6H,4-5H2,1-2H3/q;;;;;+1;;+1;;;;;;;. The van der Waals surface area contributed by atoms with Crippen molar-refractivity contribution in [2.24, 2.45) is 20.0 Å². The van der Waals surface area contributed by atoms with E-state index in [4.69, 9.17) is 13.6 Å². The number of furan rings is 2. The average molecular weight is 2010 g/mol. The molecule has 27 heteroatoms. The summed E-state index contributed by atoms with van der Waals surface area (Å²) in [5.74, 6) is 2.17. The zero-order valence-electron chi connectivity index (χ0n) is 96.2. The van der Waals surface area contributed by atoms with Crippen LogP contribution in [0.15, 0.2) is 207 Å². The lowest BCUT2D eigenvalue weighted by Gasteiger charge is -2.31. The van der Waals surface area contributed by atoms with Gasteiger partial charge in [-0.25, -0.2) is 34.1 Å². The number of piperazine rings is 1. The lowest BCUT2D eigenvalue weighted by atomic mass is 9.99. The Hall–Kier alpha value is -8.81. The summed E-state index contributed by atoms with van der Waals surface area (Å²) in [6, 6.07) is 31.0. The van der Waals surface area contributed by atoms with Gasteiger partial charge in [0.15, 0.2) is 18.4 Å². The van der Waals surface area contributed by atoms with E-state index >= 15 is 0 Å². The number of rotatable bonds is 15. The van der Waals surface area contributed by atoms with Crippen molar-refractivity contribution in [2.45, 2.75) is 375 Å². The average Bonchev–Trinajstić information content (AvgIpc) is 1.81. The number of hydrogen-bond acceptors (Lipinski definition) is 25. The monoisotopic (exact) mass is 2000 g/mol. The van der Waals surface area contributed by atoms with Crippen LogP contribution in [0.4, 0.5) is 0 Å². The van der Waals surface area contributed by atoms with Crippen LogP contribution in [0.1, 0.15) is 309 Å². The number of nitrogens with one attached hydrogen (secondary N) is 2.